The number of nitrogens with one attached hydrogen (secondary N) is 1. The largest absolute Gasteiger partial charge is 0.358 e. The highest BCUT2D eigenvalue weighted by Crippen LogP contribution is 2.35. The Balaban J connectivity index is 1.48. The summed E-state index contributed by atoms with van der Waals surface area (Å²) < 4.78 is 0. The van der Waals surface area contributed by atoms with Gasteiger partial charge in [-0.1, -0.05) is 97.1 Å². The summed E-state index contributed by atoms with van der Waals surface area (Å²) >= 11 is 0. The van der Waals surface area contributed by atoms with E-state index >= 15 is 0 Å². The Kier molecular flexibility index (Phi) is 5.87. The van der Waals surface area contributed by atoms with Crippen LogP contribution in [0.1, 0.15) is 29.9 Å². The third kappa shape index (κ3) is 4.37. The van der Waals surface area contributed by atoms with Crippen molar-refractivity contribution in [2.45, 2.75) is 24.8 Å². The van der Waals surface area contributed by atoms with Gasteiger partial charge in [0, 0.05) is 28.9 Å². The average molecular weight is 417 g/mol. The number of rotatable bonds is 5. The van der Waals surface area contributed by atoms with Gasteiger partial charge in [-0.15, -0.1) is 0 Å². The summed E-state index contributed by atoms with van der Waals surface area (Å²) in [5.74, 6) is 0.209. The Morgan fingerprint density at radius 3 is 2.34 bits per heavy atom. The van der Waals surface area contributed by atoms with E-state index in [-0.39, 0.29) is 12.0 Å². The molecule has 0 amide bonds. The molecule has 0 radical (unpaired) electrons. The van der Waals surface area contributed by atoms with Crippen LogP contribution in [0.15, 0.2) is 121 Å². The van der Waals surface area contributed by atoms with E-state index in [9.17, 15) is 0 Å². The Hall–Kier alpha value is -3.62. The van der Waals surface area contributed by atoms with Gasteiger partial charge in [0.05, 0.1) is 0 Å². The number of hydrogen-bond acceptors (Lipinski definition) is 2. The van der Waals surface area contributed by atoms with E-state index < -0.39 is 0 Å². The summed E-state index contributed by atoms with van der Waals surface area (Å²) in [6.45, 7) is 0. The molecule has 3 aromatic rings. The molecule has 0 aromatic heterocycles. The fourth-order valence-electron chi connectivity index (χ4n) is 4.47. The van der Waals surface area contributed by atoms with Crippen LogP contribution in [-0.2, 0) is 0 Å². The van der Waals surface area contributed by atoms with Crippen LogP contribution >= 0.6 is 0 Å². The lowest BCUT2D eigenvalue weighted by molar-refractivity contribution is 0.716. The summed E-state index contributed by atoms with van der Waals surface area (Å²) in [4.78, 5) is 0. The van der Waals surface area contributed by atoms with Crippen molar-refractivity contribution in [3.05, 3.63) is 132 Å². The second kappa shape index (κ2) is 9.25. The SMILES string of the molecule is NC1C=C(c2ccc(NC3=CC=CCC3)c(-c3ccccc3)c2)C=CC1c1ccccc1. The number of anilines is 1. The molecule has 2 unspecified atom stereocenters. The van der Waals surface area contributed by atoms with Crippen molar-refractivity contribution in [3.63, 3.8) is 0 Å². The molecule has 158 valence electrons. The Bertz CT molecular complexity index is 1200. The smallest absolute Gasteiger partial charge is 0.0461 e. The summed E-state index contributed by atoms with van der Waals surface area (Å²) in [7, 11) is 0. The van der Waals surface area contributed by atoms with Crippen LogP contribution in [0.2, 0.25) is 0 Å². The van der Waals surface area contributed by atoms with E-state index in [1.54, 1.807) is 0 Å². The molecule has 0 saturated heterocycles. The minimum atomic E-state index is -0.0467. The molecule has 0 saturated carbocycles. The van der Waals surface area contributed by atoms with Crippen molar-refractivity contribution in [2.75, 3.05) is 5.32 Å². The Morgan fingerprint density at radius 2 is 1.62 bits per heavy atom. The van der Waals surface area contributed by atoms with Gasteiger partial charge in [0.15, 0.2) is 0 Å². The fraction of sp³-hybridized carbons (Fsp3) is 0.133. The zero-order valence-corrected chi connectivity index (χ0v) is 18.1. The molecule has 2 atom stereocenters. The van der Waals surface area contributed by atoms with Gasteiger partial charge in [-0.05, 0) is 53.3 Å². The highest BCUT2D eigenvalue weighted by atomic mass is 14.9. The van der Waals surface area contributed by atoms with Crippen molar-refractivity contribution in [2.24, 2.45) is 5.73 Å². The molecular weight excluding hydrogens is 388 g/mol. The molecule has 0 spiro atoms. The second-order valence-corrected chi connectivity index (χ2v) is 8.41. The van der Waals surface area contributed by atoms with E-state index in [0.717, 1.165) is 18.5 Å². The Morgan fingerprint density at radius 1 is 0.844 bits per heavy atom. The summed E-state index contributed by atoms with van der Waals surface area (Å²) in [6.07, 6.45) is 15.3. The molecule has 3 aromatic carbocycles. The van der Waals surface area contributed by atoms with Gasteiger partial charge in [-0.25, -0.2) is 0 Å². The standard InChI is InChI=1S/C30H28N2/c31-29-21-25(16-18-27(29)22-10-4-1-5-11-22)24-17-19-30(32-26-14-8-3-9-15-26)28(20-24)23-12-6-2-7-13-23/h1-8,10-14,16-21,27,29,32H,9,15,31H2. The third-order valence-corrected chi connectivity index (χ3v) is 6.20. The average Bonchev–Trinajstić information content (AvgIpc) is 2.86. The van der Waals surface area contributed by atoms with Gasteiger partial charge in [0.25, 0.3) is 0 Å². The minimum Gasteiger partial charge on any atom is -0.358 e. The molecule has 3 N–H and O–H groups in total. The fourth-order valence-corrected chi connectivity index (χ4v) is 4.47. The van der Waals surface area contributed by atoms with Gasteiger partial charge < -0.3 is 11.1 Å². The maximum absolute atomic E-state index is 6.59. The number of nitrogens with two attached hydrogens (primary N) is 1. The predicted molar refractivity (Wildman–Crippen MR) is 136 cm³/mol. The van der Waals surface area contributed by atoms with Crippen LogP contribution in [0.4, 0.5) is 5.69 Å². The van der Waals surface area contributed by atoms with Crippen molar-refractivity contribution in [3.8, 4) is 11.1 Å². The van der Waals surface area contributed by atoms with Crippen molar-refractivity contribution < 1.29 is 0 Å². The monoisotopic (exact) mass is 416 g/mol. The molecule has 0 fully saturated rings. The zero-order valence-electron chi connectivity index (χ0n) is 18.1. The van der Waals surface area contributed by atoms with Crippen LogP contribution in [0.5, 0.6) is 0 Å². The van der Waals surface area contributed by atoms with E-state index in [4.69, 9.17) is 5.73 Å². The quantitative estimate of drug-likeness (QED) is 0.467. The zero-order chi connectivity index (χ0) is 21.8. The highest BCUT2D eigenvalue weighted by Gasteiger charge is 2.20. The first-order valence-electron chi connectivity index (χ1n) is 11.3. The first-order valence-corrected chi connectivity index (χ1v) is 11.3. The first-order chi connectivity index (χ1) is 15.8. The first kappa shape index (κ1) is 20.3. The molecule has 5 rings (SSSR count). The molecule has 2 aliphatic carbocycles. The maximum atomic E-state index is 6.59. The lowest BCUT2D eigenvalue weighted by Gasteiger charge is -2.24. The van der Waals surface area contributed by atoms with Crippen molar-refractivity contribution >= 4 is 11.3 Å². The van der Waals surface area contributed by atoms with Crippen LogP contribution in [0, 0.1) is 0 Å². The molecule has 32 heavy (non-hydrogen) atoms. The Labute approximate surface area is 190 Å². The molecule has 2 heteroatoms. The lowest BCUT2D eigenvalue weighted by atomic mass is 9.84. The second-order valence-electron chi connectivity index (χ2n) is 8.41. The van der Waals surface area contributed by atoms with Gasteiger partial charge in [-0.3, -0.25) is 0 Å². The number of allylic oxidation sites excluding steroid dienone is 6. The van der Waals surface area contributed by atoms with E-state index in [1.165, 1.54) is 33.5 Å². The molecule has 2 aliphatic rings. The van der Waals surface area contributed by atoms with Crippen LogP contribution in [0.3, 0.4) is 0 Å². The molecular formula is C30H28N2. The normalized spacial score (nSPS) is 19.9. The number of hydrogen-bond donors (Lipinski definition) is 2. The minimum absolute atomic E-state index is 0.0467. The summed E-state index contributed by atoms with van der Waals surface area (Å²) in [6, 6.07) is 27.7. The van der Waals surface area contributed by atoms with E-state index in [2.05, 4.69) is 115 Å². The van der Waals surface area contributed by atoms with Crippen LogP contribution in [-0.4, -0.2) is 6.04 Å². The highest BCUT2D eigenvalue weighted by molar-refractivity contribution is 5.85. The topological polar surface area (TPSA) is 38.0 Å². The van der Waals surface area contributed by atoms with Gasteiger partial charge in [-0.2, -0.15) is 0 Å². The van der Waals surface area contributed by atoms with Crippen molar-refractivity contribution in [1.29, 1.82) is 0 Å². The maximum Gasteiger partial charge on any atom is 0.0461 e. The van der Waals surface area contributed by atoms with E-state index in [1.807, 2.05) is 6.07 Å². The molecule has 0 bridgehead atoms. The summed E-state index contributed by atoms with van der Waals surface area (Å²) in [5, 5.41) is 3.66. The summed E-state index contributed by atoms with van der Waals surface area (Å²) in [5.41, 5.74) is 15.0. The lowest BCUT2D eigenvalue weighted by Crippen LogP contribution is -2.27. The van der Waals surface area contributed by atoms with Crippen LogP contribution in [0.25, 0.3) is 16.7 Å². The van der Waals surface area contributed by atoms with E-state index in [0.29, 0.717) is 0 Å². The van der Waals surface area contributed by atoms with Gasteiger partial charge >= 0.3 is 0 Å². The molecule has 0 aliphatic heterocycles. The van der Waals surface area contributed by atoms with Crippen LogP contribution < -0.4 is 11.1 Å². The third-order valence-electron chi connectivity index (χ3n) is 6.20. The van der Waals surface area contributed by atoms with Crippen molar-refractivity contribution in [1.82, 2.24) is 0 Å². The van der Waals surface area contributed by atoms with Gasteiger partial charge in [0.2, 0.25) is 0 Å². The molecule has 0 heterocycles. The number of benzene rings is 3. The van der Waals surface area contributed by atoms with Gasteiger partial charge in [0.1, 0.15) is 0 Å². The predicted octanol–water partition coefficient (Wildman–Crippen LogP) is 7.06. The molecule has 2 nitrogen and oxygen atoms in total.